The Balaban J connectivity index is 0.000000217. The first-order valence-electron chi connectivity index (χ1n) is 15.1. The molecule has 0 aromatic rings. The first-order valence-corrected chi connectivity index (χ1v) is 15.1. The van der Waals surface area contributed by atoms with Gasteiger partial charge in [0.15, 0.2) is 0 Å². The van der Waals surface area contributed by atoms with E-state index in [4.69, 9.17) is 9.47 Å². The molecule has 6 saturated carbocycles. The number of esters is 2. The van der Waals surface area contributed by atoms with E-state index in [-0.39, 0.29) is 23.1 Å². The summed E-state index contributed by atoms with van der Waals surface area (Å²) in [6, 6.07) is 0. The van der Waals surface area contributed by atoms with E-state index >= 15 is 0 Å². The number of hydrogen-bond donors (Lipinski definition) is 0. The molecule has 0 aromatic carbocycles. The van der Waals surface area contributed by atoms with Gasteiger partial charge in [0.1, 0.15) is 11.2 Å². The summed E-state index contributed by atoms with van der Waals surface area (Å²) in [6.45, 7) is 18.1. The molecular weight excluding hydrogens is 436 g/mol. The SMILES string of the molecule is CC.CC.CCC(=O)OC(C)(C)C1CC2CCC1C2.CCC(=O)OC1(C)C2CC3CC(C2)CC1C3. The molecule has 4 nitrogen and oxygen atoms in total. The van der Waals surface area contributed by atoms with Gasteiger partial charge in [-0.25, -0.2) is 0 Å². The molecule has 6 fully saturated rings. The maximum atomic E-state index is 11.6. The van der Waals surface area contributed by atoms with Crippen molar-refractivity contribution in [1.82, 2.24) is 0 Å². The van der Waals surface area contributed by atoms with E-state index in [1.807, 2.05) is 41.5 Å². The summed E-state index contributed by atoms with van der Waals surface area (Å²) in [5.74, 6) is 5.46. The van der Waals surface area contributed by atoms with Crippen LogP contribution in [0.25, 0.3) is 0 Å². The highest BCUT2D eigenvalue weighted by atomic mass is 16.6. The Kier molecular flexibility index (Phi) is 11.2. The van der Waals surface area contributed by atoms with E-state index in [0.717, 1.165) is 23.7 Å². The van der Waals surface area contributed by atoms with Gasteiger partial charge in [0.2, 0.25) is 0 Å². The summed E-state index contributed by atoms with van der Waals surface area (Å²) in [4.78, 5) is 23.0. The first kappa shape index (κ1) is 30.2. The molecule has 0 aliphatic heterocycles. The van der Waals surface area contributed by atoms with Crippen LogP contribution in [0, 0.1) is 41.4 Å². The van der Waals surface area contributed by atoms with Crippen molar-refractivity contribution < 1.29 is 19.1 Å². The zero-order valence-corrected chi connectivity index (χ0v) is 24.5. The van der Waals surface area contributed by atoms with Gasteiger partial charge < -0.3 is 9.47 Å². The van der Waals surface area contributed by atoms with E-state index in [9.17, 15) is 9.59 Å². The molecule has 0 aromatic heterocycles. The van der Waals surface area contributed by atoms with E-state index in [1.54, 1.807) is 0 Å². The summed E-state index contributed by atoms with van der Waals surface area (Å²) in [7, 11) is 0. The number of hydrogen-bond acceptors (Lipinski definition) is 4. The summed E-state index contributed by atoms with van der Waals surface area (Å²) < 4.78 is 11.4. The lowest BCUT2D eigenvalue weighted by atomic mass is 9.50. The summed E-state index contributed by atoms with van der Waals surface area (Å²) in [5.41, 5.74) is -0.368. The van der Waals surface area contributed by atoms with Crippen LogP contribution in [0.5, 0.6) is 0 Å². The zero-order chi connectivity index (χ0) is 26.4. The molecular formula is C31H56O4. The van der Waals surface area contributed by atoms with Crippen molar-refractivity contribution in [2.24, 2.45) is 41.4 Å². The quantitative estimate of drug-likeness (QED) is 0.362. The van der Waals surface area contributed by atoms with Gasteiger partial charge >= 0.3 is 11.9 Å². The van der Waals surface area contributed by atoms with Gasteiger partial charge in [-0.05, 0) is 108 Å². The predicted molar refractivity (Wildman–Crippen MR) is 144 cm³/mol. The molecule has 35 heavy (non-hydrogen) atoms. The minimum Gasteiger partial charge on any atom is -0.459 e. The smallest absolute Gasteiger partial charge is 0.306 e. The van der Waals surface area contributed by atoms with Crippen molar-refractivity contribution in [2.45, 2.75) is 144 Å². The van der Waals surface area contributed by atoms with Crippen LogP contribution in [0.3, 0.4) is 0 Å². The average molecular weight is 493 g/mol. The van der Waals surface area contributed by atoms with Crippen molar-refractivity contribution in [1.29, 1.82) is 0 Å². The van der Waals surface area contributed by atoms with Gasteiger partial charge in [-0.15, -0.1) is 0 Å². The van der Waals surface area contributed by atoms with E-state index in [0.29, 0.717) is 30.6 Å². The number of rotatable bonds is 5. The van der Waals surface area contributed by atoms with Gasteiger partial charge in [0.05, 0.1) is 0 Å². The molecule has 6 aliphatic rings. The lowest BCUT2D eigenvalue weighted by Gasteiger charge is -2.59. The molecule has 0 saturated heterocycles. The standard InChI is InChI=1S/C14H22O2.C13H22O2.2C2H6/c1-3-13(15)16-14(2)11-5-9-4-10(7-11)8-12(14)6-9;1-4-12(14)15-13(2,3)11-8-9-5-6-10(11)7-9;2*1-2/h9-12H,3-8H2,1-2H3;9-11H,4-8H2,1-3H3;2*1-2H3. The van der Waals surface area contributed by atoms with Crippen LogP contribution in [0.1, 0.15) is 133 Å². The van der Waals surface area contributed by atoms with Crippen LogP contribution >= 0.6 is 0 Å². The molecule has 0 spiro atoms. The largest absolute Gasteiger partial charge is 0.459 e. The fourth-order valence-electron chi connectivity index (χ4n) is 8.14. The highest BCUT2D eigenvalue weighted by Crippen LogP contribution is 2.59. The molecule has 6 rings (SSSR count). The van der Waals surface area contributed by atoms with Gasteiger partial charge in [0.25, 0.3) is 0 Å². The van der Waals surface area contributed by atoms with E-state index in [2.05, 4.69) is 20.8 Å². The molecule has 6 bridgehead atoms. The average Bonchev–Trinajstić information content (AvgIpc) is 3.49. The maximum Gasteiger partial charge on any atom is 0.306 e. The lowest BCUT2D eigenvalue weighted by Crippen LogP contribution is -2.57. The van der Waals surface area contributed by atoms with Gasteiger partial charge in [-0.1, -0.05) is 48.0 Å². The Morgan fingerprint density at radius 3 is 1.66 bits per heavy atom. The van der Waals surface area contributed by atoms with Crippen LogP contribution in [0.2, 0.25) is 0 Å². The lowest BCUT2D eigenvalue weighted by molar-refractivity contribution is -0.203. The summed E-state index contributed by atoms with van der Waals surface area (Å²) in [6.07, 6.45) is 13.1. The maximum absolute atomic E-state index is 11.6. The Morgan fingerprint density at radius 2 is 1.26 bits per heavy atom. The normalized spacial score (nSPS) is 37.7. The van der Waals surface area contributed by atoms with Crippen molar-refractivity contribution in [3.05, 3.63) is 0 Å². The summed E-state index contributed by atoms with van der Waals surface area (Å²) >= 11 is 0. The molecule has 0 amide bonds. The second-order valence-electron chi connectivity index (χ2n) is 12.0. The Hall–Kier alpha value is -1.06. The second-order valence-corrected chi connectivity index (χ2v) is 12.0. The van der Waals surface area contributed by atoms with Crippen LogP contribution in [-0.4, -0.2) is 23.1 Å². The Bertz CT molecular complexity index is 653. The molecule has 6 aliphatic carbocycles. The second kappa shape index (κ2) is 13.0. The molecule has 204 valence electrons. The molecule has 3 atom stereocenters. The van der Waals surface area contributed by atoms with Crippen molar-refractivity contribution in [2.75, 3.05) is 0 Å². The Morgan fingerprint density at radius 1 is 0.743 bits per heavy atom. The predicted octanol–water partition coefficient (Wildman–Crippen LogP) is 8.36. The van der Waals surface area contributed by atoms with Crippen molar-refractivity contribution in [3.8, 4) is 0 Å². The molecule has 0 radical (unpaired) electrons. The number of fused-ring (bicyclic) bond motifs is 2. The van der Waals surface area contributed by atoms with Crippen LogP contribution < -0.4 is 0 Å². The van der Waals surface area contributed by atoms with Crippen molar-refractivity contribution in [3.63, 3.8) is 0 Å². The number of ether oxygens (including phenoxy) is 2. The Labute approximate surface area is 216 Å². The monoisotopic (exact) mass is 492 g/mol. The fraction of sp³-hybridized carbons (Fsp3) is 0.935. The van der Waals surface area contributed by atoms with E-state index in [1.165, 1.54) is 57.8 Å². The van der Waals surface area contributed by atoms with Gasteiger partial charge in [-0.3, -0.25) is 9.59 Å². The number of carbonyl (C=O) groups excluding carboxylic acids is 2. The third-order valence-corrected chi connectivity index (χ3v) is 9.68. The molecule has 4 heteroatoms. The minimum atomic E-state index is -0.243. The van der Waals surface area contributed by atoms with Crippen molar-refractivity contribution >= 4 is 11.9 Å². The van der Waals surface area contributed by atoms with Crippen LogP contribution in [-0.2, 0) is 19.1 Å². The van der Waals surface area contributed by atoms with Crippen LogP contribution in [0.15, 0.2) is 0 Å². The molecule has 0 N–H and O–H groups in total. The molecule has 3 unspecified atom stereocenters. The highest BCUT2D eigenvalue weighted by molar-refractivity contribution is 5.69. The topological polar surface area (TPSA) is 52.6 Å². The van der Waals surface area contributed by atoms with Gasteiger partial charge in [0, 0.05) is 18.8 Å². The third kappa shape index (κ3) is 6.83. The number of carbonyl (C=O) groups is 2. The van der Waals surface area contributed by atoms with Gasteiger partial charge in [-0.2, -0.15) is 0 Å². The minimum absolute atomic E-state index is 0.00465. The first-order chi connectivity index (χ1) is 16.6. The molecule has 0 heterocycles. The zero-order valence-electron chi connectivity index (χ0n) is 24.5. The van der Waals surface area contributed by atoms with E-state index < -0.39 is 0 Å². The third-order valence-electron chi connectivity index (χ3n) is 9.68. The fourth-order valence-corrected chi connectivity index (χ4v) is 8.14. The summed E-state index contributed by atoms with van der Waals surface area (Å²) in [5, 5.41) is 0. The van der Waals surface area contributed by atoms with Crippen LogP contribution in [0.4, 0.5) is 0 Å². The highest BCUT2D eigenvalue weighted by Gasteiger charge is 2.57.